The van der Waals surface area contributed by atoms with Crippen LogP contribution >= 0.6 is 0 Å². The Kier molecular flexibility index (Phi) is 5.97. The molecule has 6 heteroatoms. The standard InChI is InChI=1S/C21H26N2O3S/c1-16-9-6-7-13-19(16)20(17-10-4-3-5-11-17)22-21(24)18-12-8-14-23(15-18)27(2,25)26/h3-7,9-11,13,18,20H,8,12,14-15H2,1-2H3,(H,22,24)/t18-,20+/m0/s1. The Labute approximate surface area is 161 Å². The van der Waals surface area contributed by atoms with Crippen molar-refractivity contribution in [3.63, 3.8) is 0 Å². The van der Waals surface area contributed by atoms with E-state index in [2.05, 4.69) is 5.32 Å². The van der Waals surface area contributed by atoms with Gasteiger partial charge in [0, 0.05) is 13.1 Å². The van der Waals surface area contributed by atoms with Gasteiger partial charge >= 0.3 is 0 Å². The first-order valence-electron chi connectivity index (χ1n) is 9.22. The molecule has 0 unspecified atom stereocenters. The van der Waals surface area contributed by atoms with E-state index in [9.17, 15) is 13.2 Å². The fraction of sp³-hybridized carbons (Fsp3) is 0.381. The van der Waals surface area contributed by atoms with Crippen LogP contribution in [0.5, 0.6) is 0 Å². The van der Waals surface area contributed by atoms with E-state index >= 15 is 0 Å². The third-order valence-corrected chi connectivity index (χ3v) is 6.41. The van der Waals surface area contributed by atoms with Crippen LogP contribution in [0.1, 0.15) is 35.6 Å². The number of hydrogen-bond acceptors (Lipinski definition) is 3. The van der Waals surface area contributed by atoms with Gasteiger partial charge in [0.05, 0.1) is 18.2 Å². The number of aryl methyl sites for hydroxylation is 1. The average Bonchev–Trinajstić information content (AvgIpc) is 2.67. The number of nitrogens with zero attached hydrogens (tertiary/aromatic N) is 1. The Morgan fingerprint density at radius 3 is 2.44 bits per heavy atom. The number of hydrogen-bond donors (Lipinski definition) is 1. The van der Waals surface area contributed by atoms with Crippen LogP contribution in [0.15, 0.2) is 54.6 Å². The average molecular weight is 387 g/mol. The molecule has 2 atom stereocenters. The van der Waals surface area contributed by atoms with Crippen LogP contribution in [0.25, 0.3) is 0 Å². The molecule has 1 aliphatic rings. The predicted octanol–water partition coefficient (Wildman–Crippen LogP) is 2.87. The van der Waals surface area contributed by atoms with Gasteiger partial charge < -0.3 is 5.32 Å². The Balaban J connectivity index is 1.84. The van der Waals surface area contributed by atoms with Crippen molar-refractivity contribution in [2.75, 3.05) is 19.3 Å². The Morgan fingerprint density at radius 2 is 1.78 bits per heavy atom. The van der Waals surface area contributed by atoms with Crippen LogP contribution in [0.2, 0.25) is 0 Å². The number of nitrogens with one attached hydrogen (secondary N) is 1. The highest BCUT2D eigenvalue weighted by Crippen LogP contribution is 2.26. The van der Waals surface area contributed by atoms with E-state index in [0.717, 1.165) is 16.7 Å². The maximum Gasteiger partial charge on any atom is 0.225 e. The highest BCUT2D eigenvalue weighted by Gasteiger charge is 2.31. The lowest BCUT2D eigenvalue weighted by Gasteiger charge is -2.31. The molecule has 0 radical (unpaired) electrons. The summed E-state index contributed by atoms with van der Waals surface area (Å²) in [6.45, 7) is 2.77. The number of sulfonamides is 1. The van der Waals surface area contributed by atoms with Gasteiger partial charge in [-0.25, -0.2) is 12.7 Å². The monoisotopic (exact) mass is 386 g/mol. The summed E-state index contributed by atoms with van der Waals surface area (Å²) in [5, 5.41) is 3.17. The van der Waals surface area contributed by atoms with Crippen molar-refractivity contribution in [1.29, 1.82) is 0 Å². The highest BCUT2D eigenvalue weighted by atomic mass is 32.2. The molecule has 1 heterocycles. The molecular weight excluding hydrogens is 360 g/mol. The van der Waals surface area contributed by atoms with E-state index in [-0.39, 0.29) is 24.4 Å². The van der Waals surface area contributed by atoms with Crippen LogP contribution < -0.4 is 5.32 Å². The van der Waals surface area contributed by atoms with Crippen molar-refractivity contribution in [3.05, 3.63) is 71.3 Å². The minimum Gasteiger partial charge on any atom is -0.345 e. The molecule has 1 amide bonds. The summed E-state index contributed by atoms with van der Waals surface area (Å²) in [5.41, 5.74) is 3.16. The van der Waals surface area contributed by atoms with Crippen molar-refractivity contribution < 1.29 is 13.2 Å². The van der Waals surface area contributed by atoms with Crippen LogP contribution in [0, 0.1) is 12.8 Å². The quantitative estimate of drug-likeness (QED) is 0.859. The summed E-state index contributed by atoms with van der Waals surface area (Å²) in [5.74, 6) is -0.427. The first kappa shape index (κ1) is 19.6. The first-order valence-corrected chi connectivity index (χ1v) is 11.1. The molecule has 0 spiro atoms. The van der Waals surface area contributed by atoms with Crippen LogP contribution in [0.4, 0.5) is 0 Å². The van der Waals surface area contributed by atoms with Crippen molar-refractivity contribution in [2.24, 2.45) is 5.92 Å². The van der Waals surface area contributed by atoms with Gasteiger partial charge in [0.2, 0.25) is 15.9 Å². The summed E-state index contributed by atoms with van der Waals surface area (Å²) >= 11 is 0. The van der Waals surface area contributed by atoms with Gasteiger partial charge in [0.15, 0.2) is 0 Å². The third kappa shape index (κ3) is 4.76. The number of carbonyl (C=O) groups excluding carboxylic acids is 1. The molecule has 0 saturated carbocycles. The summed E-state index contributed by atoms with van der Waals surface area (Å²) in [4.78, 5) is 13.0. The number of amides is 1. The normalized spacial score (nSPS) is 19.4. The Hall–Kier alpha value is -2.18. The van der Waals surface area contributed by atoms with Crippen molar-refractivity contribution >= 4 is 15.9 Å². The molecule has 1 fully saturated rings. The molecule has 0 bridgehead atoms. The maximum atomic E-state index is 13.0. The third-order valence-electron chi connectivity index (χ3n) is 5.14. The zero-order valence-electron chi connectivity index (χ0n) is 15.8. The summed E-state index contributed by atoms with van der Waals surface area (Å²) < 4.78 is 25.1. The Morgan fingerprint density at radius 1 is 1.11 bits per heavy atom. The van der Waals surface area contributed by atoms with Crippen molar-refractivity contribution in [3.8, 4) is 0 Å². The van der Waals surface area contributed by atoms with Crippen LogP contribution in [-0.2, 0) is 14.8 Å². The van der Waals surface area contributed by atoms with E-state index in [1.54, 1.807) is 0 Å². The molecule has 1 N–H and O–H groups in total. The van der Waals surface area contributed by atoms with Crippen molar-refractivity contribution in [2.45, 2.75) is 25.8 Å². The lowest BCUT2D eigenvalue weighted by molar-refractivity contribution is -0.126. The molecular formula is C21H26N2O3S. The fourth-order valence-corrected chi connectivity index (χ4v) is 4.53. The van der Waals surface area contributed by atoms with Gasteiger partial charge in [-0.2, -0.15) is 0 Å². The molecule has 0 aliphatic carbocycles. The second-order valence-electron chi connectivity index (χ2n) is 7.17. The lowest BCUT2D eigenvalue weighted by atomic mass is 9.93. The summed E-state index contributed by atoms with van der Waals surface area (Å²) in [6.07, 6.45) is 2.60. The topological polar surface area (TPSA) is 66.5 Å². The molecule has 144 valence electrons. The molecule has 0 aromatic heterocycles. The van der Waals surface area contributed by atoms with Crippen LogP contribution in [0.3, 0.4) is 0 Å². The zero-order valence-corrected chi connectivity index (χ0v) is 16.6. The Bertz CT molecular complexity index is 897. The van der Waals surface area contributed by atoms with Crippen molar-refractivity contribution in [1.82, 2.24) is 9.62 Å². The SMILES string of the molecule is Cc1ccccc1[C@H](NC(=O)[C@H]1CCCN(S(C)(=O)=O)C1)c1ccccc1. The molecule has 1 aliphatic heterocycles. The minimum absolute atomic E-state index is 0.0968. The molecule has 1 saturated heterocycles. The highest BCUT2D eigenvalue weighted by molar-refractivity contribution is 7.88. The van der Waals surface area contributed by atoms with Gasteiger partial charge in [0.25, 0.3) is 0 Å². The van der Waals surface area contributed by atoms with E-state index in [4.69, 9.17) is 0 Å². The predicted molar refractivity (Wildman–Crippen MR) is 107 cm³/mol. The molecule has 2 aromatic carbocycles. The van der Waals surface area contributed by atoms with Gasteiger partial charge in [0.1, 0.15) is 0 Å². The lowest BCUT2D eigenvalue weighted by Crippen LogP contribution is -2.45. The second kappa shape index (κ2) is 8.23. The van der Waals surface area contributed by atoms with E-state index in [1.807, 2.05) is 61.5 Å². The maximum absolute atomic E-state index is 13.0. The zero-order chi connectivity index (χ0) is 19.4. The minimum atomic E-state index is -3.28. The fourth-order valence-electron chi connectivity index (χ4n) is 3.61. The van der Waals surface area contributed by atoms with Crippen LogP contribution in [-0.4, -0.2) is 38.0 Å². The molecule has 27 heavy (non-hydrogen) atoms. The van der Waals surface area contributed by atoms with Gasteiger partial charge in [-0.1, -0.05) is 54.6 Å². The van der Waals surface area contributed by atoms with E-state index < -0.39 is 10.0 Å². The van der Waals surface area contributed by atoms with Gasteiger partial charge in [-0.15, -0.1) is 0 Å². The second-order valence-corrected chi connectivity index (χ2v) is 9.15. The number of rotatable bonds is 5. The number of benzene rings is 2. The largest absolute Gasteiger partial charge is 0.345 e. The smallest absolute Gasteiger partial charge is 0.225 e. The van der Waals surface area contributed by atoms with E-state index in [1.165, 1.54) is 10.6 Å². The summed E-state index contributed by atoms with van der Waals surface area (Å²) in [7, 11) is -3.28. The number of piperidine rings is 1. The molecule has 2 aromatic rings. The van der Waals surface area contributed by atoms with Gasteiger partial charge in [-0.05, 0) is 36.5 Å². The summed E-state index contributed by atoms with van der Waals surface area (Å²) in [6, 6.07) is 17.6. The van der Waals surface area contributed by atoms with E-state index in [0.29, 0.717) is 19.4 Å². The molecule has 5 nitrogen and oxygen atoms in total. The first-order chi connectivity index (χ1) is 12.9. The molecule has 3 rings (SSSR count). The van der Waals surface area contributed by atoms with Gasteiger partial charge in [-0.3, -0.25) is 4.79 Å². The number of carbonyl (C=O) groups is 1.